The molecule has 0 radical (unpaired) electrons. The zero-order chi connectivity index (χ0) is 18.2. The quantitative estimate of drug-likeness (QED) is 0.196. The third-order valence-corrected chi connectivity index (χ3v) is 4.70. The van der Waals surface area contributed by atoms with Crippen molar-refractivity contribution < 1.29 is 9.53 Å². The third-order valence-electron chi connectivity index (χ3n) is 4.70. The van der Waals surface area contributed by atoms with E-state index in [9.17, 15) is 4.79 Å². The van der Waals surface area contributed by atoms with Crippen molar-refractivity contribution in [2.75, 3.05) is 7.11 Å². The highest BCUT2D eigenvalue weighted by atomic mass is 16.5. The first-order valence-electron chi connectivity index (χ1n) is 10.1. The average molecular weight is 345 g/mol. The minimum Gasteiger partial charge on any atom is -0.496 e. The van der Waals surface area contributed by atoms with Crippen LogP contribution in [0.15, 0.2) is 30.4 Å². The summed E-state index contributed by atoms with van der Waals surface area (Å²) in [5.74, 6) is 0.689. The topological polar surface area (TPSA) is 26.3 Å². The minimum absolute atomic E-state index is 0.689. The molecule has 0 spiro atoms. The number of hydrogen-bond acceptors (Lipinski definition) is 2. The van der Waals surface area contributed by atoms with Crippen molar-refractivity contribution in [3.8, 4) is 5.75 Å². The van der Waals surface area contributed by atoms with Gasteiger partial charge in [-0.1, -0.05) is 69.7 Å². The molecule has 0 aliphatic carbocycles. The van der Waals surface area contributed by atoms with Crippen LogP contribution in [0, 0.1) is 0 Å². The number of benzene rings is 1. The number of carbonyl (C=O) groups excluding carboxylic acids is 1. The van der Waals surface area contributed by atoms with E-state index in [2.05, 4.69) is 19.1 Å². The molecule has 0 saturated heterocycles. The molecule has 0 amide bonds. The second kappa shape index (κ2) is 14.7. The number of ether oxygens (including phenoxy) is 1. The number of hydrogen-bond donors (Lipinski definition) is 0. The van der Waals surface area contributed by atoms with E-state index < -0.39 is 0 Å². The van der Waals surface area contributed by atoms with Crippen molar-refractivity contribution in [3.63, 3.8) is 0 Å². The van der Waals surface area contributed by atoms with Crippen LogP contribution in [0.25, 0.3) is 0 Å². The molecular weight excluding hydrogens is 308 g/mol. The van der Waals surface area contributed by atoms with Gasteiger partial charge in [-0.25, -0.2) is 0 Å². The first-order chi connectivity index (χ1) is 12.3. The molecule has 140 valence electrons. The molecule has 1 aromatic carbocycles. The monoisotopic (exact) mass is 344 g/mol. The van der Waals surface area contributed by atoms with Gasteiger partial charge in [-0.05, 0) is 50.2 Å². The van der Waals surface area contributed by atoms with Gasteiger partial charge < -0.3 is 4.74 Å². The van der Waals surface area contributed by atoms with Gasteiger partial charge in [-0.3, -0.25) is 4.79 Å². The lowest BCUT2D eigenvalue weighted by Crippen LogP contribution is -1.97. The number of methoxy groups -OCH3 is 1. The Morgan fingerprint density at radius 1 is 0.880 bits per heavy atom. The van der Waals surface area contributed by atoms with E-state index in [-0.39, 0.29) is 0 Å². The van der Waals surface area contributed by atoms with E-state index in [0.717, 1.165) is 24.7 Å². The molecule has 2 heteroatoms. The minimum atomic E-state index is 0.689. The van der Waals surface area contributed by atoms with E-state index in [1.54, 1.807) is 7.11 Å². The van der Waals surface area contributed by atoms with Crippen molar-refractivity contribution >= 4 is 6.29 Å². The average Bonchev–Trinajstić information content (AvgIpc) is 2.65. The summed E-state index contributed by atoms with van der Waals surface area (Å²) in [6.07, 6.45) is 20.7. The molecule has 25 heavy (non-hydrogen) atoms. The van der Waals surface area contributed by atoms with Gasteiger partial charge in [0.1, 0.15) is 5.75 Å². The Balaban J connectivity index is 2.06. The Labute approximate surface area is 154 Å². The van der Waals surface area contributed by atoms with Crippen LogP contribution in [0.1, 0.15) is 93.5 Å². The first-order valence-corrected chi connectivity index (χ1v) is 10.1. The predicted octanol–water partition coefficient (Wildman–Crippen LogP) is 6.92. The maximum atomic E-state index is 11.3. The first kappa shape index (κ1) is 21.5. The summed E-state index contributed by atoms with van der Waals surface area (Å²) in [5, 5.41) is 0. The lowest BCUT2D eigenvalue weighted by atomic mass is 10.0. The second-order valence-electron chi connectivity index (χ2n) is 6.78. The highest BCUT2D eigenvalue weighted by Gasteiger charge is 2.07. The largest absolute Gasteiger partial charge is 0.496 e. The van der Waals surface area contributed by atoms with Gasteiger partial charge in [-0.2, -0.15) is 0 Å². The molecule has 0 aromatic heterocycles. The summed E-state index contributed by atoms with van der Waals surface area (Å²) in [6.45, 7) is 2.26. The van der Waals surface area contributed by atoms with Crippen LogP contribution in [0.5, 0.6) is 5.75 Å². The van der Waals surface area contributed by atoms with Gasteiger partial charge in [0.05, 0.1) is 12.7 Å². The maximum Gasteiger partial charge on any atom is 0.154 e. The Bertz CT molecular complexity index is 491. The zero-order valence-electron chi connectivity index (χ0n) is 16.3. The van der Waals surface area contributed by atoms with Gasteiger partial charge in [-0.15, -0.1) is 0 Å². The fourth-order valence-corrected chi connectivity index (χ4v) is 3.15. The fourth-order valence-electron chi connectivity index (χ4n) is 3.15. The molecule has 0 unspecified atom stereocenters. The second-order valence-corrected chi connectivity index (χ2v) is 6.78. The normalized spacial score (nSPS) is 11.1. The van der Waals surface area contributed by atoms with Crippen LogP contribution >= 0.6 is 0 Å². The molecule has 0 N–H and O–H groups in total. The Morgan fingerprint density at radius 3 is 2.16 bits per heavy atom. The SMILES string of the molecule is CCCCCC/C=C\CCCCCCCc1cccc(OC)c1C=O. The van der Waals surface area contributed by atoms with Crippen molar-refractivity contribution in [2.24, 2.45) is 0 Å². The molecular formula is C23H36O2. The summed E-state index contributed by atoms with van der Waals surface area (Å²) in [6, 6.07) is 5.86. The number of rotatable bonds is 15. The van der Waals surface area contributed by atoms with Crippen LogP contribution in [0.4, 0.5) is 0 Å². The molecule has 1 rings (SSSR count). The highest BCUT2D eigenvalue weighted by Crippen LogP contribution is 2.22. The zero-order valence-corrected chi connectivity index (χ0v) is 16.3. The van der Waals surface area contributed by atoms with Gasteiger partial charge in [0.15, 0.2) is 6.29 Å². The molecule has 2 nitrogen and oxygen atoms in total. The maximum absolute atomic E-state index is 11.3. The Hall–Kier alpha value is -1.57. The summed E-state index contributed by atoms with van der Waals surface area (Å²) in [4.78, 5) is 11.3. The molecule has 0 fully saturated rings. The van der Waals surface area contributed by atoms with Gasteiger partial charge in [0.2, 0.25) is 0 Å². The Morgan fingerprint density at radius 2 is 1.52 bits per heavy atom. The van der Waals surface area contributed by atoms with E-state index >= 15 is 0 Å². The molecule has 0 atom stereocenters. The molecule has 0 aliphatic heterocycles. The van der Waals surface area contributed by atoms with Gasteiger partial charge >= 0.3 is 0 Å². The fraction of sp³-hybridized carbons (Fsp3) is 0.609. The molecule has 1 aromatic rings. The van der Waals surface area contributed by atoms with E-state index in [0.29, 0.717) is 11.3 Å². The third kappa shape index (κ3) is 9.48. The van der Waals surface area contributed by atoms with Crippen LogP contribution in [-0.2, 0) is 6.42 Å². The van der Waals surface area contributed by atoms with Crippen molar-refractivity contribution in [2.45, 2.75) is 84.0 Å². The van der Waals surface area contributed by atoms with Gasteiger partial charge in [0.25, 0.3) is 0 Å². The predicted molar refractivity (Wildman–Crippen MR) is 108 cm³/mol. The lowest BCUT2D eigenvalue weighted by Gasteiger charge is -2.09. The smallest absolute Gasteiger partial charge is 0.154 e. The number of aldehydes is 1. The highest BCUT2D eigenvalue weighted by molar-refractivity contribution is 5.81. The Kier molecular flexibility index (Phi) is 12.7. The van der Waals surface area contributed by atoms with Crippen molar-refractivity contribution in [1.82, 2.24) is 0 Å². The number of aryl methyl sites for hydroxylation is 1. The van der Waals surface area contributed by atoms with Crippen LogP contribution in [0.2, 0.25) is 0 Å². The molecule has 0 bridgehead atoms. The van der Waals surface area contributed by atoms with Crippen molar-refractivity contribution in [1.29, 1.82) is 0 Å². The standard InChI is InChI=1S/C23H36O2/c1-3-4-5-6-7-8-9-10-11-12-13-14-15-17-21-18-16-19-23(25-2)22(21)20-24/h8-9,16,18-20H,3-7,10-15,17H2,1-2H3/b9-8-. The van der Waals surface area contributed by atoms with Crippen LogP contribution in [0.3, 0.4) is 0 Å². The van der Waals surface area contributed by atoms with E-state index in [1.807, 2.05) is 18.2 Å². The summed E-state index contributed by atoms with van der Waals surface area (Å²) in [5.41, 5.74) is 1.83. The van der Waals surface area contributed by atoms with Crippen LogP contribution < -0.4 is 4.74 Å². The van der Waals surface area contributed by atoms with Gasteiger partial charge in [0, 0.05) is 0 Å². The summed E-state index contributed by atoms with van der Waals surface area (Å²) < 4.78 is 5.26. The van der Waals surface area contributed by atoms with E-state index in [4.69, 9.17) is 4.74 Å². The number of allylic oxidation sites excluding steroid dienone is 2. The molecule has 0 aliphatic rings. The molecule has 0 heterocycles. The number of carbonyl (C=O) groups is 1. The summed E-state index contributed by atoms with van der Waals surface area (Å²) >= 11 is 0. The molecule has 0 saturated carbocycles. The summed E-state index contributed by atoms with van der Waals surface area (Å²) in [7, 11) is 1.62. The van der Waals surface area contributed by atoms with Crippen LogP contribution in [-0.4, -0.2) is 13.4 Å². The van der Waals surface area contributed by atoms with Crippen molar-refractivity contribution in [3.05, 3.63) is 41.5 Å². The number of unbranched alkanes of at least 4 members (excludes halogenated alkanes) is 9. The van der Waals surface area contributed by atoms with E-state index in [1.165, 1.54) is 64.2 Å². The lowest BCUT2D eigenvalue weighted by molar-refractivity contribution is 0.111.